The molecule has 6 nitrogen and oxygen atoms in total. The molecule has 2 heterocycles. The highest BCUT2D eigenvalue weighted by Crippen LogP contribution is 2.14. The molecule has 0 radical (unpaired) electrons. The van der Waals surface area contributed by atoms with E-state index in [4.69, 9.17) is 17.0 Å². The maximum atomic E-state index is 12.6. The number of benzene rings is 1. The number of hydrogen-bond donors (Lipinski definition) is 2. The van der Waals surface area contributed by atoms with Gasteiger partial charge in [0.15, 0.2) is 5.11 Å². The summed E-state index contributed by atoms with van der Waals surface area (Å²) in [6, 6.07) is 8.04. The monoisotopic (exact) mass is 388 g/mol. The average Bonchev–Trinajstić information content (AvgIpc) is 2.66. The molecule has 1 saturated heterocycles. The number of rotatable bonds is 6. The molecule has 2 N–H and O–H groups in total. The molecule has 1 aliphatic rings. The van der Waals surface area contributed by atoms with Crippen LogP contribution in [-0.4, -0.2) is 65.8 Å². The first-order valence-electron chi connectivity index (χ1n) is 9.52. The van der Waals surface area contributed by atoms with Gasteiger partial charge in [-0.1, -0.05) is 11.6 Å². The van der Waals surface area contributed by atoms with Gasteiger partial charge in [-0.2, -0.15) is 0 Å². The Balaban J connectivity index is 1.77. The first kappa shape index (κ1) is 19.8. The van der Waals surface area contributed by atoms with Crippen molar-refractivity contribution in [2.45, 2.75) is 20.4 Å². The van der Waals surface area contributed by atoms with Crippen molar-refractivity contribution in [3.63, 3.8) is 0 Å². The lowest BCUT2D eigenvalue weighted by molar-refractivity contribution is 0.0357. The first-order chi connectivity index (χ1) is 13.1. The zero-order valence-corrected chi connectivity index (χ0v) is 16.9. The van der Waals surface area contributed by atoms with Gasteiger partial charge in [0.2, 0.25) is 0 Å². The lowest BCUT2D eigenvalue weighted by atomic mass is 10.1. The van der Waals surface area contributed by atoms with Gasteiger partial charge >= 0.3 is 0 Å². The SMILES string of the molecule is CCNC(=S)N(CCN1CCOCC1)Cc1cc2cc(C)ccc2[nH]c1=O. The van der Waals surface area contributed by atoms with E-state index >= 15 is 0 Å². The second kappa shape index (κ2) is 9.30. The summed E-state index contributed by atoms with van der Waals surface area (Å²) in [6.07, 6.45) is 0. The van der Waals surface area contributed by atoms with E-state index in [2.05, 4.69) is 33.1 Å². The summed E-state index contributed by atoms with van der Waals surface area (Å²) < 4.78 is 5.42. The third kappa shape index (κ3) is 5.28. The largest absolute Gasteiger partial charge is 0.379 e. The predicted molar refractivity (Wildman–Crippen MR) is 113 cm³/mol. The van der Waals surface area contributed by atoms with Crippen LogP contribution >= 0.6 is 12.2 Å². The maximum absolute atomic E-state index is 12.6. The van der Waals surface area contributed by atoms with Gasteiger partial charge in [-0.15, -0.1) is 0 Å². The molecule has 1 fully saturated rings. The fourth-order valence-electron chi connectivity index (χ4n) is 3.30. The van der Waals surface area contributed by atoms with Crippen molar-refractivity contribution in [3.8, 4) is 0 Å². The average molecular weight is 389 g/mol. The number of aromatic nitrogens is 1. The van der Waals surface area contributed by atoms with Crippen LogP contribution in [0, 0.1) is 6.92 Å². The van der Waals surface area contributed by atoms with Crippen molar-refractivity contribution in [2.75, 3.05) is 45.9 Å². The molecule has 146 valence electrons. The summed E-state index contributed by atoms with van der Waals surface area (Å²) >= 11 is 5.56. The Kier molecular flexibility index (Phi) is 6.82. The third-order valence-electron chi connectivity index (χ3n) is 4.84. The molecule has 0 aliphatic carbocycles. The lowest BCUT2D eigenvalue weighted by Gasteiger charge is -2.31. The number of morpholine rings is 1. The van der Waals surface area contributed by atoms with Crippen LogP contribution in [0.2, 0.25) is 0 Å². The molecule has 27 heavy (non-hydrogen) atoms. The van der Waals surface area contributed by atoms with Gasteiger partial charge in [0.05, 0.1) is 19.8 Å². The second-order valence-corrected chi connectivity index (χ2v) is 7.31. The van der Waals surface area contributed by atoms with E-state index in [0.717, 1.165) is 62.4 Å². The van der Waals surface area contributed by atoms with Crippen LogP contribution < -0.4 is 10.9 Å². The topological polar surface area (TPSA) is 60.6 Å². The van der Waals surface area contributed by atoms with Crippen LogP contribution in [0.1, 0.15) is 18.1 Å². The van der Waals surface area contributed by atoms with Crippen LogP contribution in [0.15, 0.2) is 29.1 Å². The number of nitrogens with zero attached hydrogens (tertiary/aromatic N) is 2. The minimum absolute atomic E-state index is 0.0537. The molecule has 0 unspecified atom stereocenters. The van der Waals surface area contributed by atoms with Crippen molar-refractivity contribution in [3.05, 3.63) is 45.7 Å². The quantitative estimate of drug-likeness (QED) is 0.737. The summed E-state index contributed by atoms with van der Waals surface area (Å²) in [7, 11) is 0. The fourth-order valence-corrected chi connectivity index (χ4v) is 3.60. The van der Waals surface area contributed by atoms with E-state index in [9.17, 15) is 4.79 Å². The standard InChI is InChI=1S/C20H28N4O2S/c1-3-21-20(27)24(7-6-23-8-10-26-11-9-23)14-17-13-16-12-15(2)4-5-18(16)22-19(17)25/h4-5,12-13H,3,6-11,14H2,1-2H3,(H,21,27)(H,22,25). The van der Waals surface area contributed by atoms with Crippen molar-refractivity contribution >= 4 is 28.2 Å². The van der Waals surface area contributed by atoms with Gasteiger partial charge in [-0.25, -0.2) is 0 Å². The molecule has 1 aromatic heterocycles. The highest BCUT2D eigenvalue weighted by molar-refractivity contribution is 7.80. The molecule has 3 rings (SSSR count). The first-order valence-corrected chi connectivity index (χ1v) is 9.93. The Bertz CT molecular complexity index is 845. The molecular formula is C20H28N4O2S. The third-order valence-corrected chi connectivity index (χ3v) is 5.25. The van der Waals surface area contributed by atoms with E-state index in [-0.39, 0.29) is 5.56 Å². The van der Waals surface area contributed by atoms with E-state index in [1.807, 2.05) is 25.1 Å². The Morgan fingerprint density at radius 2 is 2.11 bits per heavy atom. The van der Waals surface area contributed by atoms with Crippen LogP contribution in [0.5, 0.6) is 0 Å². The molecular weight excluding hydrogens is 360 g/mol. The van der Waals surface area contributed by atoms with E-state index in [1.165, 1.54) is 5.56 Å². The number of aromatic amines is 1. The number of nitrogens with one attached hydrogen (secondary N) is 2. The zero-order chi connectivity index (χ0) is 19.2. The zero-order valence-electron chi connectivity index (χ0n) is 16.1. The van der Waals surface area contributed by atoms with Crippen molar-refractivity contribution in [1.29, 1.82) is 0 Å². The Hall–Kier alpha value is -1.96. The minimum Gasteiger partial charge on any atom is -0.379 e. The molecule has 0 amide bonds. The summed E-state index contributed by atoms with van der Waals surface area (Å²) in [6.45, 7) is 10.5. The number of fused-ring (bicyclic) bond motifs is 1. The lowest BCUT2D eigenvalue weighted by Crippen LogP contribution is -2.46. The Morgan fingerprint density at radius 3 is 2.85 bits per heavy atom. The highest BCUT2D eigenvalue weighted by atomic mass is 32.1. The van der Waals surface area contributed by atoms with Gasteiger partial charge in [-0.3, -0.25) is 9.69 Å². The molecule has 1 aliphatic heterocycles. The highest BCUT2D eigenvalue weighted by Gasteiger charge is 2.16. The van der Waals surface area contributed by atoms with Crippen LogP contribution in [0.3, 0.4) is 0 Å². The van der Waals surface area contributed by atoms with Gasteiger partial charge in [0.1, 0.15) is 0 Å². The number of hydrogen-bond acceptors (Lipinski definition) is 4. The second-order valence-electron chi connectivity index (χ2n) is 6.93. The van der Waals surface area contributed by atoms with Gasteiger partial charge < -0.3 is 19.9 Å². The number of ether oxygens (including phenoxy) is 1. The predicted octanol–water partition coefficient (Wildman–Crippen LogP) is 1.87. The number of pyridine rings is 1. The normalized spacial score (nSPS) is 15.0. The van der Waals surface area contributed by atoms with Crippen molar-refractivity contribution in [1.82, 2.24) is 20.1 Å². The van der Waals surface area contributed by atoms with Crippen molar-refractivity contribution in [2.24, 2.45) is 0 Å². The summed E-state index contributed by atoms with van der Waals surface area (Å²) in [4.78, 5) is 20.0. The van der Waals surface area contributed by atoms with Crippen LogP contribution in [-0.2, 0) is 11.3 Å². The van der Waals surface area contributed by atoms with E-state index in [1.54, 1.807) is 0 Å². The van der Waals surface area contributed by atoms with Crippen LogP contribution in [0.4, 0.5) is 0 Å². The summed E-state index contributed by atoms with van der Waals surface area (Å²) in [5.41, 5.74) is 2.72. The number of aryl methyl sites for hydroxylation is 1. The van der Waals surface area contributed by atoms with Crippen molar-refractivity contribution < 1.29 is 4.74 Å². The molecule has 7 heteroatoms. The number of H-pyrrole nitrogens is 1. The summed E-state index contributed by atoms with van der Waals surface area (Å²) in [5, 5.41) is 4.96. The Labute approximate surface area is 165 Å². The van der Waals surface area contributed by atoms with E-state index < -0.39 is 0 Å². The molecule has 0 bridgehead atoms. The molecule has 0 atom stereocenters. The van der Waals surface area contributed by atoms with Gasteiger partial charge in [0, 0.05) is 43.8 Å². The minimum atomic E-state index is -0.0537. The molecule has 0 saturated carbocycles. The Morgan fingerprint density at radius 1 is 1.33 bits per heavy atom. The van der Waals surface area contributed by atoms with Gasteiger partial charge in [0.25, 0.3) is 5.56 Å². The molecule has 1 aromatic carbocycles. The maximum Gasteiger partial charge on any atom is 0.253 e. The van der Waals surface area contributed by atoms with Gasteiger partial charge in [-0.05, 0) is 49.7 Å². The summed E-state index contributed by atoms with van der Waals surface area (Å²) in [5.74, 6) is 0. The fraction of sp³-hybridized carbons (Fsp3) is 0.500. The van der Waals surface area contributed by atoms with Crippen LogP contribution in [0.25, 0.3) is 10.9 Å². The van der Waals surface area contributed by atoms with E-state index in [0.29, 0.717) is 11.7 Å². The molecule has 0 spiro atoms. The smallest absolute Gasteiger partial charge is 0.253 e. The molecule has 2 aromatic rings. The number of thiocarbonyl (C=S) groups is 1.